The molecular weight excluding hydrogens is 280 g/mol. The molecule has 0 radical (unpaired) electrons. The summed E-state index contributed by atoms with van der Waals surface area (Å²) in [6.07, 6.45) is 1.20. The first-order chi connectivity index (χ1) is 10.6. The lowest BCUT2D eigenvalue weighted by atomic mass is 10.2. The van der Waals surface area contributed by atoms with E-state index in [1.807, 2.05) is 37.4 Å². The predicted octanol–water partition coefficient (Wildman–Crippen LogP) is 2.22. The summed E-state index contributed by atoms with van der Waals surface area (Å²) in [7, 11) is 5.64. The van der Waals surface area contributed by atoms with Crippen molar-refractivity contribution < 1.29 is 13.9 Å². The maximum absolute atomic E-state index is 12.5. The van der Waals surface area contributed by atoms with Gasteiger partial charge in [-0.1, -0.05) is 18.2 Å². The van der Waals surface area contributed by atoms with E-state index in [1.54, 1.807) is 12.0 Å². The molecule has 22 heavy (non-hydrogen) atoms. The van der Waals surface area contributed by atoms with Crippen LogP contribution in [0.4, 0.5) is 0 Å². The normalized spacial score (nSPS) is 22.3. The van der Waals surface area contributed by atoms with Crippen LogP contribution in [0.5, 0.6) is 0 Å². The molecule has 1 amide bonds. The molecule has 1 aromatic carbocycles. The predicted molar refractivity (Wildman–Crippen MR) is 85.0 cm³/mol. The van der Waals surface area contributed by atoms with Crippen LogP contribution in [0, 0.1) is 0 Å². The Kier molecular flexibility index (Phi) is 4.18. The fourth-order valence-electron chi connectivity index (χ4n) is 3.09. The average Bonchev–Trinajstić information content (AvgIpc) is 3.10. The van der Waals surface area contributed by atoms with Gasteiger partial charge in [-0.15, -0.1) is 0 Å². The van der Waals surface area contributed by atoms with Crippen LogP contribution in [0.2, 0.25) is 0 Å². The molecule has 0 saturated carbocycles. The van der Waals surface area contributed by atoms with Crippen molar-refractivity contribution in [3.05, 3.63) is 36.1 Å². The third-order valence-corrected chi connectivity index (χ3v) is 4.45. The van der Waals surface area contributed by atoms with Crippen molar-refractivity contribution in [1.29, 1.82) is 0 Å². The van der Waals surface area contributed by atoms with Crippen LogP contribution in [0.15, 0.2) is 34.7 Å². The fraction of sp³-hybridized carbons (Fsp3) is 0.471. The number of amides is 1. The molecule has 0 N–H and O–H groups in total. The minimum absolute atomic E-state index is 0.0783. The summed E-state index contributed by atoms with van der Waals surface area (Å²) in [5.41, 5.74) is 0.747. The van der Waals surface area contributed by atoms with E-state index in [4.69, 9.17) is 9.15 Å². The number of benzene rings is 1. The maximum atomic E-state index is 12.5. The van der Waals surface area contributed by atoms with Gasteiger partial charge in [-0.3, -0.25) is 9.69 Å². The van der Waals surface area contributed by atoms with Crippen LogP contribution in [0.1, 0.15) is 17.0 Å². The first-order valence-corrected chi connectivity index (χ1v) is 7.55. The number of rotatable bonds is 4. The molecule has 1 aliphatic rings. The monoisotopic (exact) mass is 302 g/mol. The Hall–Kier alpha value is -1.85. The highest BCUT2D eigenvalue weighted by molar-refractivity contribution is 5.95. The number of likely N-dealkylation sites (tertiary alicyclic amines) is 1. The van der Waals surface area contributed by atoms with Crippen LogP contribution in [0.25, 0.3) is 11.0 Å². The van der Waals surface area contributed by atoms with Crippen molar-refractivity contribution in [2.75, 3.05) is 34.3 Å². The number of carbonyl (C=O) groups excluding carboxylic acids is 1. The van der Waals surface area contributed by atoms with Crippen molar-refractivity contribution >= 4 is 16.9 Å². The molecule has 0 bridgehead atoms. The highest BCUT2D eigenvalue weighted by atomic mass is 16.5. The number of hydrogen-bond acceptors (Lipinski definition) is 4. The molecule has 1 saturated heterocycles. The number of fused-ring (bicyclic) bond motifs is 1. The molecule has 5 heteroatoms. The van der Waals surface area contributed by atoms with E-state index < -0.39 is 0 Å². The summed E-state index contributed by atoms with van der Waals surface area (Å²) in [5.74, 6) is 0.318. The highest BCUT2D eigenvalue weighted by Gasteiger charge is 2.31. The zero-order valence-corrected chi connectivity index (χ0v) is 13.3. The number of para-hydroxylation sites is 1. The van der Waals surface area contributed by atoms with Crippen LogP contribution < -0.4 is 0 Å². The summed E-state index contributed by atoms with van der Waals surface area (Å²) < 4.78 is 11.1. The number of hydrogen-bond donors (Lipinski definition) is 0. The van der Waals surface area contributed by atoms with Gasteiger partial charge in [-0.25, -0.2) is 0 Å². The molecule has 1 aliphatic heterocycles. The van der Waals surface area contributed by atoms with Gasteiger partial charge in [-0.05, 0) is 25.6 Å². The Morgan fingerprint density at radius 1 is 1.45 bits per heavy atom. The fourth-order valence-corrected chi connectivity index (χ4v) is 3.09. The smallest absolute Gasteiger partial charge is 0.289 e. The second kappa shape index (κ2) is 6.10. The van der Waals surface area contributed by atoms with Gasteiger partial charge in [0.15, 0.2) is 5.76 Å². The topological polar surface area (TPSA) is 45.9 Å². The third kappa shape index (κ3) is 2.87. The van der Waals surface area contributed by atoms with Crippen LogP contribution in [-0.4, -0.2) is 62.1 Å². The van der Waals surface area contributed by atoms with E-state index in [0.29, 0.717) is 18.3 Å². The Bertz CT molecular complexity index is 634. The van der Waals surface area contributed by atoms with E-state index in [9.17, 15) is 4.79 Å². The van der Waals surface area contributed by atoms with Gasteiger partial charge in [0, 0.05) is 38.7 Å². The van der Waals surface area contributed by atoms with E-state index >= 15 is 0 Å². The lowest BCUT2D eigenvalue weighted by Crippen LogP contribution is -2.39. The second-order valence-electron chi connectivity index (χ2n) is 6.02. The zero-order valence-electron chi connectivity index (χ0n) is 13.3. The van der Waals surface area contributed by atoms with Crippen LogP contribution in [-0.2, 0) is 4.74 Å². The molecule has 1 aromatic heterocycles. The molecule has 118 valence electrons. The van der Waals surface area contributed by atoms with E-state index in [1.165, 1.54) is 0 Å². The van der Waals surface area contributed by atoms with Gasteiger partial charge in [0.25, 0.3) is 5.91 Å². The number of nitrogens with zero attached hydrogens (tertiary/aromatic N) is 2. The number of ether oxygens (including phenoxy) is 1. The Morgan fingerprint density at radius 3 is 2.91 bits per heavy atom. The maximum Gasteiger partial charge on any atom is 0.289 e. The van der Waals surface area contributed by atoms with Gasteiger partial charge >= 0.3 is 0 Å². The van der Waals surface area contributed by atoms with Crippen LogP contribution in [0.3, 0.4) is 0 Å². The minimum atomic E-state index is -0.0783. The number of carbonyl (C=O) groups is 1. The Labute approximate surface area is 130 Å². The lowest BCUT2D eigenvalue weighted by molar-refractivity contribution is 0.0731. The molecule has 2 heterocycles. The summed E-state index contributed by atoms with van der Waals surface area (Å²) in [6.45, 7) is 1.58. The van der Waals surface area contributed by atoms with Gasteiger partial charge in [0.2, 0.25) is 0 Å². The first-order valence-electron chi connectivity index (χ1n) is 7.55. The number of furan rings is 1. The molecular formula is C17H22N2O3. The summed E-state index contributed by atoms with van der Waals surface area (Å²) in [5, 5.41) is 0.955. The summed E-state index contributed by atoms with van der Waals surface area (Å²) in [4.78, 5) is 16.5. The average molecular weight is 302 g/mol. The SMILES string of the molecule is CO[C@H]1C[C@@H](CN(C)C(=O)c2cc3ccccc3o2)N(C)C1. The molecule has 1 fully saturated rings. The first kappa shape index (κ1) is 15.1. The van der Waals surface area contributed by atoms with E-state index in [0.717, 1.165) is 23.9 Å². The molecule has 5 nitrogen and oxygen atoms in total. The molecule has 0 unspecified atom stereocenters. The summed E-state index contributed by atoms with van der Waals surface area (Å²) >= 11 is 0. The van der Waals surface area contributed by atoms with Crippen LogP contribution >= 0.6 is 0 Å². The lowest BCUT2D eigenvalue weighted by Gasteiger charge is -2.24. The van der Waals surface area contributed by atoms with Crippen molar-refractivity contribution in [3.8, 4) is 0 Å². The van der Waals surface area contributed by atoms with Gasteiger partial charge in [0.1, 0.15) is 5.58 Å². The standard InChI is InChI=1S/C17H22N2O3/c1-18-11-14(21-3)9-13(18)10-19(2)17(20)16-8-12-6-4-5-7-15(12)22-16/h4-8,13-14H,9-11H2,1-3H3/t13-,14-/m0/s1. The zero-order chi connectivity index (χ0) is 15.7. The van der Waals surface area contributed by atoms with Crippen molar-refractivity contribution in [2.45, 2.75) is 18.6 Å². The largest absolute Gasteiger partial charge is 0.451 e. The molecule has 0 aliphatic carbocycles. The quantitative estimate of drug-likeness (QED) is 0.869. The Morgan fingerprint density at radius 2 is 2.23 bits per heavy atom. The second-order valence-corrected chi connectivity index (χ2v) is 6.02. The molecule has 0 spiro atoms. The highest BCUT2D eigenvalue weighted by Crippen LogP contribution is 2.22. The third-order valence-electron chi connectivity index (χ3n) is 4.45. The van der Waals surface area contributed by atoms with Gasteiger partial charge < -0.3 is 14.1 Å². The van der Waals surface area contributed by atoms with E-state index in [2.05, 4.69) is 11.9 Å². The molecule has 2 atom stereocenters. The van der Waals surface area contributed by atoms with E-state index in [-0.39, 0.29) is 12.0 Å². The number of methoxy groups -OCH3 is 1. The van der Waals surface area contributed by atoms with Gasteiger partial charge in [0.05, 0.1) is 6.10 Å². The van der Waals surface area contributed by atoms with Crippen molar-refractivity contribution in [3.63, 3.8) is 0 Å². The number of likely N-dealkylation sites (N-methyl/N-ethyl adjacent to an activating group) is 2. The minimum Gasteiger partial charge on any atom is -0.451 e. The molecule has 2 aromatic rings. The van der Waals surface area contributed by atoms with Gasteiger partial charge in [-0.2, -0.15) is 0 Å². The molecule has 3 rings (SSSR count). The Balaban J connectivity index is 1.69. The summed E-state index contributed by atoms with van der Waals surface area (Å²) in [6, 6.07) is 9.80. The van der Waals surface area contributed by atoms with Crippen molar-refractivity contribution in [1.82, 2.24) is 9.80 Å². The van der Waals surface area contributed by atoms with Crippen molar-refractivity contribution in [2.24, 2.45) is 0 Å².